The molecule has 0 saturated carbocycles. The van der Waals surface area contributed by atoms with E-state index in [9.17, 15) is 4.79 Å². The zero-order chi connectivity index (χ0) is 18.7. The Kier molecular flexibility index (Phi) is 5.61. The van der Waals surface area contributed by atoms with Gasteiger partial charge in [-0.25, -0.2) is 4.98 Å². The molecule has 1 aromatic carbocycles. The monoisotopic (exact) mass is 357 g/mol. The van der Waals surface area contributed by atoms with Crippen molar-refractivity contribution in [2.24, 2.45) is 0 Å². The van der Waals surface area contributed by atoms with E-state index in [1.165, 1.54) is 0 Å². The highest BCUT2D eigenvalue weighted by Gasteiger charge is 2.23. The molecule has 26 heavy (non-hydrogen) atoms. The Balaban J connectivity index is 1.83. The van der Waals surface area contributed by atoms with E-state index in [1.54, 1.807) is 14.2 Å². The number of aromatic amines is 1. The molecule has 0 saturated heterocycles. The standard InChI is InChI=1S/C20H27N3O3/c1-5-6-19-21-17-7-8-23(12-16(17)20(24)22-19)11-15-13(2)9-14(25-3)10-18(15)26-4/h9-10H,5-8,11-12H2,1-4H3,(H,21,22,24). The molecule has 0 aliphatic carbocycles. The number of methoxy groups -OCH3 is 2. The molecule has 2 aromatic rings. The third-order valence-electron chi connectivity index (χ3n) is 4.93. The lowest BCUT2D eigenvalue weighted by Crippen LogP contribution is -2.36. The van der Waals surface area contributed by atoms with Crippen molar-refractivity contribution in [3.63, 3.8) is 0 Å². The fourth-order valence-electron chi connectivity index (χ4n) is 3.50. The van der Waals surface area contributed by atoms with Gasteiger partial charge in [-0.1, -0.05) is 6.92 Å². The van der Waals surface area contributed by atoms with Gasteiger partial charge in [-0.15, -0.1) is 0 Å². The Morgan fingerprint density at radius 1 is 1.27 bits per heavy atom. The second-order valence-electron chi connectivity index (χ2n) is 6.77. The van der Waals surface area contributed by atoms with E-state index in [0.29, 0.717) is 6.54 Å². The van der Waals surface area contributed by atoms with Crippen LogP contribution in [0.3, 0.4) is 0 Å². The van der Waals surface area contributed by atoms with Crippen LogP contribution in [-0.4, -0.2) is 35.6 Å². The van der Waals surface area contributed by atoms with Crippen LogP contribution in [-0.2, 0) is 25.9 Å². The lowest BCUT2D eigenvalue weighted by atomic mass is 10.0. The third-order valence-corrected chi connectivity index (χ3v) is 4.93. The van der Waals surface area contributed by atoms with Crippen molar-refractivity contribution < 1.29 is 9.47 Å². The van der Waals surface area contributed by atoms with Gasteiger partial charge in [0.25, 0.3) is 5.56 Å². The van der Waals surface area contributed by atoms with E-state index in [0.717, 1.165) is 72.1 Å². The van der Waals surface area contributed by atoms with E-state index in [1.807, 2.05) is 12.1 Å². The van der Waals surface area contributed by atoms with Crippen molar-refractivity contribution >= 4 is 0 Å². The summed E-state index contributed by atoms with van der Waals surface area (Å²) in [6.07, 6.45) is 2.59. The van der Waals surface area contributed by atoms with Crippen LogP contribution in [0.1, 0.15) is 41.6 Å². The van der Waals surface area contributed by atoms with Crippen LogP contribution >= 0.6 is 0 Å². The summed E-state index contributed by atoms with van der Waals surface area (Å²) in [5.74, 6) is 2.41. The molecule has 0 amide bonds. The Bertz CT molecular complexity index is 845. The first-order valence-electron chi connectivity index (χ1n) is 9.10. The predicted molar refractivity (Wildman–Crippen MR) is 101 cm³/mol. The van der Waals surface area contributed by atoms with E-state index in [2.05, 4.69) is 28.7 Å². The van der Waals surface area contributed by atoms with Crippen molar-refractivity contribution in [2.45, 2.75) is 46.2 Å². The molecule has 0 radical (unpaired) electrons. The summed E-state index contributed by atoms with van der Waals surface area (Å²) in [5.41, 5.74) is 4.00. The zero-order valence-corrected chi connectivity index (χ0v) is 16.0. The summed E-state index contributed by atoms with van der Waals surface area (Å²) in [7, 11) is 3.33. The van der Waals surface area contributed by atoms with Crippen molar-refractivity contribution in [3.05, 3.63) is 50.7 Å². The van der Waals surface area contributed by atoms with Gasteiger partial charge in [0.15, 0.2) is 0 Å². The molecule has 0 spiro atoms. The number of fused-ring (bicyclic) bond motifs is 1. The number of H-pyrrole nitrogens is 1. The van der Waals surface area contributed by atoms with Crippen molar-refractivity contribution in [3.8, 4) is 11.5 Å². The van der Waals surface area contributed by atoms with Gasteiger partial charge in [0.2, 0.25) is 0 Å². The van der Waals surface area contributed by atoms with Gasteiger partial charge in [0.1, 0.15) is 17.3 Å². The van der Waals surface area contributed by atoms with E-state index >= 15 is 0 Å². The number of rotatable bonds is 6. The summed E-state index contributed by atoms with van der Waals surface area (Å²) in [4.78, 5) is 22.3. The van der Waals surface area contributed by atoms with Gasteiger partial charge in [0, 0.05) is 44.1 Å². The average molecular weight is 357 g/mol. The lowest BCUT2D eigenvalue weighted by molar-refractivity contribution is 0.237. The van der Waals surface area contributed by atoms with Crippen LogP contribution in [0.5, 0.6) is 11.5 Å². The van der Waals surface area contributed by atoms with Gasteiger partial charge in [0.05, 0.1) is 25.5 Å². The molecule has 1 aromatic heterocycles. The number of hydrogen-bond acceptors (Lipinski definition) is 5. The quantitative estimate of drug-likeness (QED) is 0.861. The molecule has 6 heteroatoms. The smallest absolute Gasteiger partial charge is 0.255 e. The molecule has 6 nitrogen and oxygen atoms in total. The molecule has 0 fully saturated rings. The summed E-state index contributed by atoms with van der Waals surface area (Å²) in [5, 5.41) is 0. The number of nitrogens with one attached hydrogen (secondary N) is 1. The summed E-state index contributed by atoms with van der Waals surface area (Å²) >= 11 is 0. The Morgan fingerprint density at radius 2 is 2.08 bits per heavy atom. The zero-order valence-electron chi connectivity index (χ0n) is 16.0. The number of benzene rings is 1. The van der Waals surface area contributed by atoms with Crippen LogP contribution in [0, 0.1) is 6.92 Å². The van der Waals surface area contributed by atoms with Crippen molar-refractivity contribution in [1.82, 2.24) is 14.9 Å². The molecule has 1 aliphatic rings. The average Bonchev–Trinajstić information content (AvgIpc) is 2.63. The maximum atomic E-state index is 12.5. The third kappa shape index (κ3) is 3.75. The highest BCUT2D eigenvalue weighted by molar-refractivity contribution is 5.46. The summed E-state index contributed by atoms with van der Waals surface area (Å²) < 4.78 is 10.9. The number of aromatic nitrogens is 2. The van der Waals surface area contributed by atoms with Crippen LogP contribution in [0.15, 0.2) is 16.9 Å². The second-order valence-corrected chi connectivity index (χ2v) is 6.77. The Morgan fingerprint density at radius 3 is 2.77 bits per heavy atom. The number of ether oxygens (including phenoxy) is 2. The predicted octanol–water partition coefficient (Wildman–Crippen LogP) is 2.61. The molecule has 1 N–H and O–H groups in total. The van der Waals surface area contributed by atoms with Gasteiger partial charge in [-0.3, -0.25) is 9.69 Å². The van der Waals surface area contributed by atoms with Crippen LogP contribution in [0.2, 0.25) is 0 Å². The fraction of sp³-hybridized carbons (Fsp3) is 0.500. The molecular formula is C20H27N3O3. The number of nitrogens with zero attached hydrogens (tertiary/aromatic N) is 2. The molecular weight excluding hydrogens is 330 g/mol. The minimum absolute atomic E-state index is 0.00145. The maximum Gasteiger partial charge on any atom is 0.255 e. The number of hydrogen-bond donors (Lipinski definition) is 1. The molecule has 1 aliphatic heterocycles. The fourth-order valence-corrected chi connectivity index (χ4v) is 3.50. The molecule has 0 unspecified atom stereocenters. The SMILES string of the molecule is CCCc1nc2c(c(=O)[nH]1)CN(Cc1c(C)cc(OC)cc1OC)CC2. The van der Waals surface area contributed by atoms with Crippen LogP contribution in [0.25, 0.3) is 0 Å². The van der Waals surface area contributed by atoms with E-state index in [-0.39, 0.29) is 5.56 Å². The summed E-state index contributed by atoms with van der Waals surface area (Å²) in [6.45, 7) is 6.37. The number of aryl methyl sites for hydroxylation is 2. The first-order valence-corrected chi connectivity index (χ1v) is 9.10. The Hall–Kier alpha value is -2.34. The van der Waals surface area contributed by atoms with E-state index < -0.39 is 0 Å². The minimum Gasteiger partial charge on any atom is -0.497 e. The first kappa shape index (κ1) is 18.5. The molecule has 3 rings (SSSR count). The van der Waals surface area contributed by atoms with Gasteiger partial charge >= 0.3 is 0 Å². The summed E-state index contributed by atoms with van der Waals surface area (Å²) in [6, 6.07) is 3.92. The topological polar surface area (TPSA) is 67.5 Å². The molecule has 0 atom stereocenters. The largest absolute Gasteiger partial charge is 0.497 e. The Labute approximate surface area is 154 Å². The second kappa shape index (κ2) is 7.91. The van der Waals surface area contributed by atoms with Gasteiger partial charge < -0.3 is 14.5 Å². The van der Waals surface area contributed by atoms with Gasteiger partial charge in [-0.2, -0.15) is 0 Å². The molecule has 0 bridgehead atoms. The van der Waals surface area contributed by atoms with E-state index in [4.69, 9.17) is 9.47 Å². The normalized spacial score (nSPS) is 14.2. The minimum atomic E-state index is 0.00145. The highest BCUT2D eigenvalue weighted by atomic mass is 16.5. The van der Waals surface area contributed by atoms with Crippen molar-refractivity contribution in [2.75, 3.05) is 20.8 Å². The van der Waals surface area contributed by atoms with Crippen molar-refractivity contribution in [1.29, 1.82) is 0 Å². The van der Waals surface area contributed by atoms with Crippen LogP contribution in [0.4, 0.5) is 0 Å². The highest BCUT2D eigenvalue weighted by Crippen LogP contribution is 2.30. The maximum absolute atomic E-state index is 12.5. The first-order chi connectivity index (χ1) is 12.5. The lowest BCUT2D eigenvalue weighted by Gasteiger charge is -2.29. The van der Waals surface area contributed by atoms with Gasteiger partial charge in [-0.05, 0) is 25.0 Å². The molecule has 2 heterocycles. The molecule has 140 valence electrons. The van der Waals surface area contributed by atoms with Crippen LogP contribution < -0.4 is 15.0 Å².